The van der Waals surface area contributed by atoms with Crippen molar-refractivity contribution in [2.24, 2.45) is 5.41 Å². The lowest BCUT2D eigenvalue weighted by molar-refractivity contribution is -0.149. The number of rotatable bonds is 6. The summed E-state index contributed by atoms with van der Waals surface area (Å²) in [6.45, 7) is 8.14. The molecule has 0 aromatic carbocycles. The number of hydrogen-bond donors (Lipinski definition) is 2. The lowest BCUT2D eigenvalue weighted by Gasteiger charge is -2.32. The van der Waals surface area contributed by atoms with Crippen molar-refractivity contribution in [1.82, 2.24) is 0 Å². The van der Waals surface area contributed by atoms with Crippen molar-refractivity contribution in [1.29, 1.82) is 0 Å². The largest absolute Gasteiger partial charge is 0.481 e. The van der Waals surface area contributed by atoms with Crippen LogP contribution in [0.25, 0.3) is 0 Å². The smallest absolute Gasteiger partial charge is 0.457 e. The maximum atomic E-state index is 11.5. The zero-order valence-electron chi connectivity index (χ0n) is 14.2. The Morgan fingerprint density at radius 2 is 1.77 bits per heavy atom. The van der Waals surface area contributed by atoms with Gasteiger partial charge in [0.2, 0.25) is 0 Å². The summed E-state index contributed by atoms with van der Waals surface area (Å²) < 4.78 is 11.9. The molecule has 6 heteroatoms. The first-order valence-corrected chi connectivity index (χ1v) is 8.35. The highest BCUT2D eigenvalue weighted by molar-refractivity contribution is 6.45. The molecule has 1 heterocycles. The maximum Gasteiger partial charge on any atom is 0.457 e. The molecule has 0 radical (unpaired) electrons. The van der Waals surface area contributed by atoms with E-state index in [-0.39, 0.29) is 18.3 Å². The normalized spacial score (nSPS) is 33.3. The van der Waals surface area contributed by atoms with Crippen LogP contribution in [0.3, 0.4) is 0 Å². The van der Waals surface area contributed by atoms with Gasteiger partial charge in [0.05, 0.1) is 22.7 Å². The number of aliphatic hydroxyl groups excluding tert-OH is 1. The molecule has 1 aliphatic heterocycles. The minimum atomic E-state index is -0.764. The Hall–Kier alpha value is -0.585. The molecule has 1 aliphatic carbocycles. The van der Waals surface area contributed by atoms with Crippen LogP contribution in [0.1, 0.15) is 66.2 Å². The van der Waals surface area contributed by atoms with E-state index in [0.29, 0.717) is 25.7 Å². The maximum absolute atomic E-state index is 11.5. The summed E-state index contributed by atoms with van der Waals surface area (Å²) in [4.78, 5) is 11.5. The second kappa shape index (κ2) is 6.14. The monoisotopic (exact) mass is 312 g/mol. The molecule has 2 rings (SSSR count). The van der Waals surface area contributed by atoms with Gasteiger partial charge in [-0.05, 0) is 59.7 Å². The van der Waals surface area contributed by atoms with E-state index < -0.39 is 17.5 Å². The third kappa shape index (κ3) is 3.49. The fourth-order valence-corrected chi connectivity index (χ4v) is 3.48. The fourth-order valence-electron chi connectivity index (χ4n) is 3.48. The molecular formula is C16H29BO5. The summed E-state index contributed by atoms with van der Waals surface area (Å²) in [5.41, 5.74) is -1.35. The van der Waals surface area contributed by atoms with Crippen molar-refractivity contribution < 1.29 is 24.3 Å². The van der Waals surface area contributed by atoms with E-state index in [9.17, 15) is 15.0 Å². The minimum absolute atomic E-state index is 0.208. The van der Waals surface area contributed by atoms with E-state index in [1.165, 1.54) is 0 Å². The SMILES string of the molecule is CC1(C)OB(CCCC[C@@]2(C(=O)O)CC[C@H](O)C2)OC1(C)C. The highest BCUT2D eigenvalue weighted by Crippen LogP contribution is 2.43. The van der Waals surface area contributed by atoms with Gasteiger partial charge in [0.25, 0.3) is 0 Å². The van der Waals surface area contributed by atoms with E-state index in [2.05, 4.69) is 0 Å². The molecule has 0 aromatic heterocycles. The molecule has 0 bridgehead atoms. The number of hydrogen-bond acceptors (Lipinski definition) is 4. The van der Waals surface area contributed by atoms with Gasteiger partial charge < -0.3 is 19.5 Å². The number of aliphatic hydroxyl groups is 1. The highest BCUT2D eigenvalue weighted by atomic mass is 16.7. The topological polar surface area (TPSA) is 76.0 Å². The number of carbonyl (C=O) groups is 1. The molecule has 0 aromatic rings. The van der Waals surface area contributed by atoms with E-state index in [1.54, 1.807) is 0 Å². The predicted octanol–water partition coefficient (Wildman–Crippen LogP) is 2.86. The molecule has 2 N–H and O–H groups in total. The average Bonchev–Trinajstić information content (AvgIpc) is 2.85. The average molecular weight is 312 g/mol. The zero-order chi connectivity index (χ0) is 16.6. The Morgan fingerprint density at radius 1 is 1.18 bits per heavy atom. The van der Waals surface area contributed by atoms with Gasteiger partial charge in [0.15, 0.2) is 0 Å². The van der Waals surface area contributed by atoms with Crippen LogP contribution in [0.4, 0.5) is 0 Å². The number of aliphatic carboxylic acids is 1. The third-order valence-electron chi connectivity index (χ3n) is 5.68. The first-order chi connectivity index (χ1) is 10.1. The Bertz CT molecular complexity index is 407. The van der Waals surface area contributed by atoms with Gasteiger partial charge in [-0.25, -0.2) is 0 Å². The summed E-state index contributed by atoms with van der Waals surface area (Å²) in [5.74, 6) is -0.764. The third-order valence-corrected chi connectivity index (χ3v) is 5.68. The number of carboxylic acids is 1. The van der Waals surface area contributed by atoms with Crippen molar-refractivity contribution in [3.63, 3.8) is 0 Å². The number of carboxylic acid groups (broad SMARTS) is 1. The molecule has 2 atom stereocenters. The lowest BCUT2D eigenvalue weighted by Crippen LogP contribution is -2.41. The quantitative estimate of drug-likeness (QED) is 0.582. The Balaban J connectivity index is 1.77. The molecular weight excluding hydrogens is 283 g/mol. The van der Waals surface area contributed by atoms with Gasteiger partial charge in [-0.1, -0.05) is 12.8 Å². The van der Waals surface area contributed by atoms with Crippen molar-refractivity contribution in [3.05, 3.63) is 0 Å². The highest BCUT2D eigenvalue weighted by Gasteiger charge is 2.50. The van der Waals surface area contributed by atoms with Crippen LogP contribution in [0.2, 0.25) is 6.32 Å². The molecule has 1 saturated heterocycles. The fraction of sp³-hybridized carbons (Fsp3) is 0.938. The second-order valence-corrected chi connectivity index (χ2v) is 7.91. The Morgan fingerprint density at radius 3 is 2.23 bits per heavy atom. The molecule has 2 fully saturated rings. The van der Waals surface area contributed by atoms with Crippen LogP contribution in [0, 0.1) is 5.41 Å². The van der Waals surface area contributed by atoms with Crippen LogP contribution < -0.4 is 0 Å². The van der Waals surface area contributed by atoms with E-state index in [4.69, 9.17) is 9.31 Å². The van der Waals surface area contributed by atoms with Gasteiger partial charge in [0.1, 0.15) is 0 Å². The minimum Gasteiger partial charge on any atom is -0.481 e. The summed E-state index contributed by atoms with van der Waals surface area (Å²) in [5, 5.41) is 19.1. The standard InChI is InChI=1S/C16H29BO5/c1-14(2)15(3,4)22-17(21-14)10-6-5-8-16(13(19)20)9-7-12(18)11-16/h12,18H,5-11H2,1-4H3,(H,19,20)/t12-,16+/m0/s1. The van der Waals surface area contributed by atoms with Crippen molar-refractivity contribution in [2.45, 2.75) is 89.8 Å². The summed E-state index contributed by atoms with van der Waals surface area (Å²) in [6.07, 6.45) is 4.22. The van der Waals surface area contributed by atoms with Crippen molar-refractivity contribution >= 4 is 13.1 Å². The Kier molecular flexibility index (Phi) is 4.95. The molecule has 0 amide bonds. The first kappa shape index (κ1) is 17.8. The van der Waals surface area contributed by atoms with Crippen molar-refractivity contribution in [3.8, 4) is 0 Å². The van der Waals surface area contributed by atoms with Crippen LogP contribution in [-0.4, -0.2) is 40.6 Å². The molecule has 22 heavy (non-hydrogen) atoms. The molecule has 2 aliphatic rings. The van der Waals surface area contributed by atoms with Crippen LogP contribution in [0.5, 0.6) is 0 Å². The summed E-state index contributed by atoms with van der Waals surface area (Å²) in [6, 6.07) is 0. The van der Waals surface area contributed by atoms with Gasteiger partial charge in [-0.3, -0.25) is 4.79 Å². The zero-order valence-corrected chi connectivity index (χ0v) is 14.2. The first-order valence-electron chi connectivity index (χ1n) is 8.35. The predicted molar refractivity (Wildman–Crippen MR) is 84.7 cm³/mol. The number of unbranched alkanes of at least 4 members (excludes halogenated alkanes) is 1. The summed E-state index contributed by atoms with van der Waals surface area (Å²) >= 11 is 0. The summed E-state index contributed by atoms with van der Waals surface area (Å²) in [7, 11) is -0.208. The van der Waals surface area contributed by atoms with Crippen LogP contribution in [-0.2, 0) is 14.1 Å². The van der Waals surface area contributed by atoms with Gasteiger partial charge in [0, 0.05) is 0 Å². The van der Waals surface area contributed by atoms with Crippen LogP contribution in [0.15, 0.2) is 0 Å². The van der Waals surface area contributed by atoms with E-state index in [0.717, 1.165) is 19.2 Å². The van der Waals surface area contributed by atoms with Gasteiger partial charge in [-0.2, -0.15) is 0 Å². The molecule has 0 spiro atoms. The Labute approximate surface area is 133 Å². The molecule has 1 saturated carbocycles. The van der Waals surface area contributed by atoms with Crippen molar-refractivity contribution in [2.75, 3.05) is 0 Å². The molecule has 0 unspecified atom stereocenters. The van der Waals surface area contributed by atoms with Gasteiger partial charge in [-0.15, -0.1) is 0 Å². The van der Waals surface area contributed by atoms with Gasteiger partial charge >= 0.3 is 13.1 Å². The van der Waals surface area contributed by atoms with Crippen LogP contribution >= 0.6 is 0 Å². The van der Waals surface area contributed by atoms with E-state index >= 15 is 0 Å². The molecule has 126 valence electrons. The lowest BCUT2D eigenvalue weighted by atomic mass is 9.77. The van der Waals surface area contributed by atoms with E-state index in [1.807, 2.05) is 27.7 Å². The second-order valence-electron chi connectivity index (χ2n) is 7.91. The molecule has 5 nitrogen and oxygen atoms in total.